The van der Waals surface area contributed by atoms with Crippen LogP contribution in [0, 0.1) is 0 Å². The Bertz CT molecular complexity index is 507. The maximum absolute atomic E-state index is 3.60. The molecule has 0 radical (unpaired) electrons. The molecule has 2 unspecified atom stereocenters. The lowest BCUT2D eigenvalue weighted by Gasteiger charge is -2.15. The number of rotatable bonds is 23. The number of unbranched alkanes of at least 4 members (excludes halogenated alkanes) is 16. The smallest absolute Gasteiger partial charge is 0.247 e. The first-order valence-corrected chi connectivity index (χ1v) is 14.8. The van der Waals surface area contributed by atoms with Crippen LogP contribution in [0.25, 0.3) is 0 Å². The van der Waals surface area contributed by atoms with Crippen LogP contribution < -0.4 is 4.57 Å². The van der Waals surface area contributed by atoms with E-state index in [9.17, 15) is 0 Å². The maximum atomic E-state index is 3.60. The summed E-state index contributed by atoms with van der Waals surface area (Å²) >= 11 is 0. The molecule has 1 aromatic heterocycles. The third-order valence-electron chi connectivity index (χ3n) is 7.48. The van der Waals surface area contributed by atoms with Crippen molar-refractivity contribution in [3.63, 3.8) is 0 Å². The summed E-state index contributed by atoms with van der Waals surface area (Å²) in [6, 6.07) is 0.624. The summed E-state index contributed by atoms with van der Waals surface area (Å²) in [4.78, 5) is 3.60. The highest BCUT2D eigenvalue weighted by molar-refractivity contribution is 4.89. The molecule has 0 aliphatic rings. The number of nitrogens with zero attached hydrogens (tertiary/aromatic N) is 1. The summed E-state index contributed by atoms with van der Waals surface area (Å²) in [5.74, 6) is 2.17. The number of aromatic amines is 1. The van der Waals surface area contributed by atoms with E-state index in [1.165, 1.54) is 141 Å². The van der Waals surface area contributed by atoms with E-state index in [1.807, 2.05) is 0 Å². The second-order valence-electron chi connectivity index (χ2n) is 10.4. The summed E-state index contributed by atoms with van der Waals surface area (Å²) < 4.78 is 2.55. The molecule has 0 saturated carbocycles. The monoisotopic (exact) mass is 447 g/mol. The largest absolute Gasteiger partial charge is 0.257 e. The Kier molecular flexibility index (Phi) is 19.0. The van der Waals surface area contributed by atoms with Crippen LogP contribution in [0.1, 0.15) is 180 Å². The van der Waals surface area contributed by atoms with Gasteiger partial charge in [0.25, 0.3) is 5.82 Å². The molecule has 1 N–H and O–H groups in total. The van der Waals surface area contributed by atoms with Crippen molar-refractivity contribution in [2.75, 3.05) is 0 Å². The molecule has 0 aliphatic heterocycles. The van der Waals surface area contributed by atoms with Crippen molar-refractivity contribution in [3.05, 3.63) is 18.2 Å². The lowest BCUT2D eigenvalue weighted by atomic mass is 9.96. The van der Waals surface area contributed by atoms with E-state index in [0.717, 1.165) is 0 Å². The van der Waals surface area contributed by atoms with Crippen molar-refractivity contribution < 1.29 is 4.57 Å². The zero-order chi connectivity index (χ0) is 23.3. The molecule has 188 valence electrons. The first kappa shape index (κ1) is 29.2. The fourth-order valence-corrected chi connectivity index (χ4v) is 5.20. The highest BCUT2D eigenvalue weighted by atomic mass is 15.1. The van der Waals surface area contributed by atoms with E-state index in [1.54, 1.807) is 0 Å². The van der Waals surface area contributed by atoms with Gasteiger partial charge < -0.3 is 0 Å². The zero-order valence-corrected chi connectivity index (χ0v) is 22.6. The van der Waals surface area contributed by atoms with Gasteiger partial charge in [0, 0.05) is 0 Å². The SMILES string of the molecule is CCCCCCCCCCCCCCCCC(CC)c1[nH]cc[n+]1C(C)CCCCCC. The predicted octanol–water partition coefficient (Wildman–Crippen LogP) is 10.2. The standard InChI is InChI=1S/C30H58N2/c1-5-8-10-12-13-14-15-16-17-18-19-20-21-23-25-29(7-3)30-31-26-27-32(30)28(4)24-22-11-9-6-2/h26-29H,5-25H2,1-4H3/p+1. The quantitative estimate of drug-likeness (QED) is 0.127. The van der Waals surface area contributed by atoms with E-state index >= 15 is 0 Å². The van der Waals surface area contributed by atoms with Crippen LogP contribution in [0.4, 0.5) is 0 Å². The Balaban J connectivity index is 2.10. The molecular formula is C30H59N2+. The Hall–Kier alpha value is -0.790. The van der Waals surface area contributed by atoms with Crippen LogP contribution >= 0.6 is 0 Å². The van der Waals surface area contributed by atoms with Gasteiger partial charge in [0.05, 0.1) is 12.0 Å². The second kappa shape index (κ2) is 20.8. The molecule has 2 heteroatoms. The van der Waals surface area contributed by atoms with Crippen LogP contribution in [0.15, 0.2) is 12.4 Å². The number of hydrogen-bond acceptors (Lipinski definition) is 0. The third-order valence-corrected chi connectivity index (χ3v) is 7.48. The molecule has 0 aromatic carbocycles. The van der Waals surface area contributed by atoms with Gasteiger partial charge in [-0.25, -0.2) is 9.55 Å². The third kappa shape index (κ3) is 13.7. The highest BCUT2D eigenvalue weighted by Gasteiger charge is 2.24. The van der Waals surface area contributed by atoms with E-state index in [-0.39, 0.29) is 0 Å². The van der Waals surface area contributed by atoms with Crippen molar-refractivity contribution in [1.29, 1.82) is 0 Å². The van der Waals surface area contributed by atoms with Gasteiger partial charge in [0.2, 0.25) is 0 Å². The second-order valence-corrected chi connectivity index (χ2v) is 10.4. The molecule has 32 heavy (non-hydrogen) atoms. The molecule has 0 aliphatic carbocycles. The zero-order valence-electron chi connectivity index (χ0n) is 22.6. The topological polar surface area (TPSA) is 19.7 Å². The average Bonchev–Trinajstić information content (AvgIpc) is 3.29. The van der Waals surface area contributed by atoms with Crippen LogP contribution in [-0.2, 0) is 0 Å². The van der Waals surface area contributed by atoms with Gasteiger partial charge in [0.15, 0.2) is 0 Å². The molecule has 1 heterocycles. The summed E-state index contributed by atoms with van der Waals surface area (Å²) in [6.07, 6.45) is 34.0. The molecule has 0 bridgehead atoms. The van der Waals surface area contributed by atoms with Gasteiger partial charge in [-0.1, -0.05) is 130 Å². The van der Waals surface area contributed by atoms with Gasteiger partial charge in [-0.15, -0.1) is 0 Å². The predicted molar refractivity (Wildman–Crippen MR) is 142 cm³/mol. The Labute approximate surface area is 202 Å². The van der Waals surface area contributed by atoms with Crippen LogP contribution in [-0.4, -0.2) is 4.98 Å². The fourth-order valence-electron chi connectivity index (χ4n) is 5.20. The van der Waals surface area contributed by atoms with Gasteiger partial charge in [-0.3, -0.25) is 0 Å². The van der Waals surface area contributed by atoms with Gasteiger partial charge in [-0.05, 0) is 32.6 Å². The van der Waals surface area contributed by atoms with Gasteiger partial charge >= 0.3 is 0 Å². The minimum Gasteiger partial charge on any atom is -0.247 e. The van der Waals surface area contributed by atoms with Crippen molar-refractivity contribution in [2.45, 2.75) is 174 Å². The van der Waals surface area contributed by atoms with E-state index in [2.05, 4.69) is 49.6 Å². The van der Waals surface area contributed by atoms with Crippen molar-refractivity contribution in [2.24, 2.45) is 0 Å². The minimum absolute atomic E-state index is 0.624. The number of aromatic nitrogens is 2. The number of H-pyrrole nitrogens is 1. The van der Waals surface area contributed by atoms with Crippen LogP contribution in [0.2, 0.25) is 0 Å². The van der Waals surface area contributed by atoms with E-state index in [4.69, 9.17) is 0 Å². The normalized spacial score (nSPS) is 13.5. The number of hydrogen-bond donors (Lipinski definition) is 1. The fraction of sp³-hybridized carbons (Fsp3) is 0.900. The first-order valence-electron chi connectivity index (χ1n) is 14.8. The summed E-state index contributed by atoms with van der Waals surface area (Å²) in [7, 11) is 0. The number of imidazole rings is 1. The molecule has 0 saturated heterocycles. The van der Waals surface area contributed by atoms with Crippen LogP contribution in [0.5, 0.6) is 0 Å². The molecule has 1 rings (SSSR count). The Morgan fingerprint density at radius 3 is 1.56 bits per heavy atom. The molecule has 1 aromatic rings. The molecule has 0 amide bonds. The molecular weight excluding hydrogens is 388 g/mol. The average molecular weight is 448 g/mol. The first-order chi connectivity index (χ1) is 15.7. The highest BCUT2D eigenvalue weighted by Crippen LogP contribution is 2.24. The lowest BCUT2D eigenvalue weighted by molar-refractivity contribution is -0.727. The molecule has 2 atom stereocenters. The summed E-state index contributed by atoms with van der Waals surface area (Å²) in [5, 5.41) is 0. The summed E-state index contributed by atoms with van der Waals surface area (Å²) in [5.41, 5.74) is 0. The van der Waals surface area contributed by atoms with E-state index < -0.39 is 0 Å². The molecule has 0 fully saturated rings. The lowest BCUT2D eigenvalue weighted by Crippen LogP contribution is -2.41. The molecule has 2 nitrogen and oxygen atoms in total. The maximum Gasteiger partial charge on any atom is 0.257 e. The van der Waals surface area contributed by atoms with Gasteiger partial charge in [0.1, 0.15) is 12.4 Å². The molecule has 0 spiro atoms. The van der Waals surface area contributed by atoms with Crippen molar-refractivity contribution >= 4 is 0 Å². The minimum atomic E-state index is 0.624. The van der Waals surface area contributed by atoms with Gasteiger partial charge in [-0.2, -0.15) is 0 Å². The van der Waals surface area contributed by atoms with Crippen molar-refractivity contribution in [1.82, 2.24) is 4.98 Å². The van der Waals surface area contributed by atoms with Crippen LogP contribution in [0.3, 0.4) is 0 Å². The Morgan fingerprint density at radius 1 is 0.625 bits per heavy atom. The van der Waals surface area contributed by atoms with E-state index in [0.29, 0.717) is 12.0 Å². The van der Waals surface area contributed by atoms with Crippen molar-refractivity contribution in [3.8, 4) is 0 Å². The summed E-state index contributed by atoms with van der Waals surface area (Å²) in [6.45, 7) is 9.37. The Morgan fingerprint density at radius 2 is 1.06 bits per heavy atom. The number of nitrogens with one attached hydrogen (secondary N) is 1.